The molecule has 0 bridgehead atoms. The van der Waals surface area contributed by atoms with Crippen LogP contribution in [0.15, 0.2) is 0 Å². The van der Waals surface area contributed by atoms with E-state index in [2.05, 4.69) is 0 Å². The van der Waals surface area contributed by atoms with Gasteiger partial charge in [-0.15, -0.1) is 0 Å². The van der Waals surface area contributed by atoms with E-state index in [4.69, 9.17) is 31.4 Å². The minimum atomic E-state index is -2.78. The van der Waals surface area contributed by atoms with Gasteiger partial charge in [0.1, 0.15) is 0 Å². The van der Waals surface area contributed by atoms with Gasteiger partial charge in [-0.2, -0.15) is 0 Å². The van der Waals surface area contributed by atoms with E-state index in [-0.39, 0.29) is 10.8 Å². The van der Waals surface area contributed by atoms with Gasteiger partial charge in [0.2, 0.25) is 0 Å². The molecule has 0 aliphatic heterocycles. The van der Waals surface area contributed by atoms with Gasteiger partial charge in [0, 0.05) is 0 Å². The normalized spacial score (nSPS) is 14.2. The molecule has 0 amide bonds. The maximum atomic E-state index is 5.50. The fourth-order valence-corrected chi connectivity index (χ4v) is 2.25. The summed E-state index contributed by atoms with van der Waals surface area (Å²) in [7, 11) is 0. The van der Waals surface area contributed by atoms with Crippen molar-refractivity contribution in [3.8, 4) is 0 Å². The highest BCUT2D eigenvalue weighted by Crippen LogP contribution is 2.50. The van der Waals surface area contributed by atoms with Gasteiger partial charge < -0.3 is 9.05 Å². The van der Waals surface area contributed by atoms with Crippen LogP contribution in [0.4, 0.5) is 0 Å². The molecule has 0 aromatic heterocycles. The van der Waals surface area contributed by atoms with Crippen molar-refractivity contribution in [3.63, 3.8) is 0 Å². The Hall–Kier alpha value is 0.490. The Morgan fingerprint density at radius 2 is 1.25 bits per heavy atom. The second-order valence-corrected chi connectivity index (χ2v) is 9.18. The number of hydrogen-bond acceptors (Lipinski definition) is 5. The molecule has 0 aliphatic carbocycles. The van der Waals surface area contributed by atoms with Crippen molar-refractivity contribution in [1.82, 2.24) is 0 Å². The Morgan fingerprint density at radius 1 is 0.938 bits per heavy atom. The van der Waals surface area contributed by atoms with Gasteiger partial charge in [0.05, 0.1) is 13.2 Å². The summed E-state index contributed by atoms with van der Waals surface area (Å²) in [5.74, 6) is 5.16. The molecule has 0 saturated heterocycles. The molecule has 0 atom stereocenters. The Morgan fingerprint density at radius 3 is 1.44 bits per heavy atom. The summed E-state index contributed by atoms with van der Waals surface area (Å²) in [6.07, 6.45) is 0. The first kappa shape index (κ1) is 16.5. The average Bonchev–Trinajstić information content (AvgIpc) is 2.09. The molecule has 16 heavy (non-hydrogen) atoms. The highest BCUT2D eigenvalue weighted by molar-refractivity contribution is 8.07. The lowest BCUT2D eigenvalue weighted by atomic mass is 9.99. The minimum Gasteiger partial charge on any atom is -0.307 e. The van der Waals surface area contributed by atoms with E-state index >= 15 is 0 Å². The second-order valence-electron chi connectivity index (χ2n) is 6.22. The lowest BCUT2D eigenvalue weighted by molar-refractivity contribution is 0.0981. The average molecular weight is 269 g/mol. The standard InChI is InChI=1S/C10H24NO3PS/c1-9(2,3)7-12-15(16,14-11)13-8-10(4,5)6/h7-8,11H2,1-6H3. The zero-order valence-electron chi connectivity index (χ0n) is 11.1. The van der Waals surface area contributed by atoms with Crippen LogP contribution in [0.1, 0.15) is 41.5 Å². The number of rotatable bonds is 5. The van der Waals surface area contributed by atoms with Crippen LogP contribution >= 0.6 is 6.72 Å². The molecule has 0 aromatic rings. The van der Waals surface area contributed by atoms with Gasteiger partial charge in [0.25, 0.3) is 0 Å². The Balaban J connectivity index is 4.28. The Labute approximate surface area is 104 Å². The summed E-state index contributed by atoms with van der Waals surface area (Å²) in [6, 6.07) is 0. The molecule has 0 radical (unpaired) electrons. The fraction of sp³-hybridized carbons (Fsp3) is 1.00. The molecule has 0 saturated carbocycles. The van der Waals surface area contributed by atoms with Crippen LogP contribution < -0.4 is 5.90 Å². The van der Waals surface area contributed by atoms with E-state index < -0.39 is 6.72 Å². The summed E-state index contributed by atoms with van der Waals surface area (Å²) in [5, 5.41) is 0. The van der Waals surface area contributed by atoms with Gasteiger partial charge >= 0.3 is 6.72 Å². The first-order valence-electron chi connectivity index (χ1n) is 5.25. The van der Waals surface area contributed by atoms with Gasteiger partial charge in [-0.25, -0.2) is 10.5 Å². The van der Waals surface area contributed by atoms with Crippen LogP contribution in [0.25, 0.3) is 0 Å². The van der Waals surface area contributed by atoms with Crippen molar-refractivity contribution in [2.45, 2.75) is 41.5 Å². The highest BCUT2D eigenvalue weighted by Gasteiger charge is 2.25. The van der Waals surface area contributed by atoms with Crippen molar-refractivity contribution in [2.75, 3.05) is 13.2 Å². The smallest absolute Gasteiger partial charge is 0.307 e. The van der Waals surface area contributed by atoms with Crippen molar-refractivity contribution in [1.29, 1.82) is 0 Å². The lowest BCUT2D eigenvalue weighted by Crippen LogP contribution is -2.19. The highest BCUT2D eigenvalue weighted by atomic mass is 32.5. The first-order chi connectivity index (χ1) is 6.97. The van der Waals surface area contributed by atoms with Crippen LogP contribution in [0, 0.1) is 10.8 Å². The number of nitrogens with two attached hydrogens (primary N) is 1. The zero-order chi connectivity index (χ0) is 13.0. The zero-order valence-corrected chi connectivity index (χ0v) is 12.8. The van der Waals surface area contributed by atoms with Crippen molar-refractivity contribution < 1.29 is 13.7 Å². The van der Waals surface area contributed by atoms with Crippen LogP contribution in [0.3, 0.4) is 0 Å². The molecule has 0 aromatic carbocycles. The lowest BCUT2D eigenvalue weighted by Gasteiger charge is -2.27. The molecule has 0 fully saturated rings. The predicted molar refractivity (Wildman–Crippen MR) is 70.4 cm³/mol. The van der Waals surface area contributed by atoms with E-state index in [1.165, 1.54) is 0 Å². The van der Waals surface area contributed by atoms with Gasteiger partial charge in [-0.3, -0.25) is 0 Å². The minimum absolute atomic E-state index is 0.00762. The maximum absolute atomic E-state index is 5.50. The molecule has 0 rings (SSSR count). The van der Waals surface area contributed by atoms with Gasteiger partial charge in [0.15, 0.2) is 0 Å². The number of hydrogen-bond donors (Lipinski definition) is 1. The van der Waals surface area contributed by atoms with E-state index in [1.54, 1.807) is 0 Å². The van der Waals surface area contributed by atoms with Crippen LogP contribution in [0.5, 0.6) is 0 Å². The van der Waals surface area contributed by atoms with E-state index in [0.29, 0.717) is 13.2 Å². The molecular formula is C10H24NO3PS. The third-order valence-electron chi connectivity index (χ3n) is 1.44. The van der Waals surface area contributed by atoms with Crippen LogP contribution in [-0.4, -0.2) is 13.2 Å². The summed E-state index contributed by atoms with van der Waals surface area (Å²) < 4.78 is 15.7. The van der Waals surface area contributed by atoms with Gasteiger partial charge in [-0.05, 0) is 22.6 Å². The summed E-state index contributed by atoms with van der Waals surface area (Å²) in [4.78, 5) is 0. The fourth-order valence-electron chi connectivity index (χ4n) is 0.644. The largest absolute Gasteiger partial charge is 0.343 e. The van der Waals surface area contributed by atoms with E-state index in [9.17, 15) is 0 Å². The van der Waals surface area contributed by atoms with E-state index in [0.717, 1.165) is 0 Å². The molecule has 0 aliphatic rings. The Kier molecular flexibility index (Phi) is 6.07. The van der Waals surface area contributed by atoms with Gasteiger partial charge in [-0.1, -0.05) is 41.5 Å². The van der Waals surface area contributed by atoms with Crippen molar-refractivity contribution >= 4 is 18.5 Å². The molecule has 2 N–H and O–H groups in total. The molecular weight excluding hydrogens is 245 g/mol. The summed E-state index contributed by atoms with van der Waals surface area (Å²) >= 11 is 5.16. The molecule has 0 unspecified atom stereocenters. The van der Waals surface area contributed by atoms with Crippen LogP contribution in [-0.2, 0) is 25.5 Å². The maximum Gasteiger partial charge on any atom is 0.343 e. The quantitative estimate of drug-likeness (QED) is 0.613. The van der Waals surface area contributed by atoms with Crippen molar-refractivity contribution in [3.05, 3.63) is 0 Å². The molecule has 4 nitrogen and oxygen atoms in total. The monoisotopic (exact) mass is 269 g/mol. The molecule has 98 valence electrons. The van der Waals surface area contributed by atoms with Crippen molar-refractivity contribution in [2.24, 2.45) is 16.7 Å². The first-order valence-corrected chi connectivity index (χ1v) is 7.81. The second kappa shape index (κ2) is 5.89. The van der Waals surface area contributed by atoms with E-state index in [1.807, 2.05) is 41.5 Å². The third kappa shape index (κ3) is 8.62. The molecule has 0 spiro atoms. The van der Waals surface area contributed by atoms with Crippen LogP contribution in [0.2, 0.25) is 0 Å². The Bertz CT molecular complexity index is 236. The topological polar surface area (TPSA) is 53.7 Å². The SMILES string of the molecule is CC(C)(C)COP(=S)(ON)OCC(C)(C)C. The molecule has 6 heteroatoms. The molecule has 0 heterocycles. The summed E-state index contributed by atoms with van der Waals surface area (Å²) in [6.45, 7) is 10.4. The summed E-state index contributed by atoms with van der Waals surface area (Å²) in [5.41, 5.74) is 0.0152. The third-order valence-corrected chi connectivity index (χ3v) is 3.48. The predicted octanol–water partition coefficient (Wildman–Crippen LogP) is 3.23.